The van der Waals surface area contributed by atoms with Crippen LogP contribution >= 0.6 is 15.9 Å². The molecule has 3 rings (SSSR count). The molecule has 5 nitrogen and oxygen atoms in total. The lowest BCUT2D eigenvalue weighted by Crippen LogP contribution is -2.32. The van der Waals surface area contributed by atoms with E-state index in [9.17, 15) is 9.59 Å². The van der Waals surface area contributed by atoms with Gasteiger partial charge >= 0.3 is 0 Å². The first-order valence-electron chi connectivity index (χ1n) is 10.0. The van der Waals surface area contributed by atoms with Crippen LogP contribution < -0.4 is 15.4 Å². The van der Waals surface area contributed by atoms with Gasteiger partial charge in [0.25, 0.3) is 11.8 Å². The van der Waals surface area contributed by atoms with Gasteiger partial charge in [-0.3, -0.25) is 9.59 Å². The summed E-state index contributed by atoms with van der Waals surface area (Å²) >= 11 is 3.46. The Balaban J connectivity index is 1.68. The average Bonchev–Trinajstić information content (AvgIpc) is 2.75. The molecule has 0 aliphatic rings. The molecule has 1 atom stereocenters. The summed E-state index contributed by atoms with van der Waals surface area (Å²) in [6.07, 6.45) is -0.737. The molecular formula is C25H25BrN2O3. The SMILES string of the molecule is Cc1cc(Br)cc(C)c1OC(C)C(=O)Nc1ccccc1C(=O)NCc1ccccc1. The summed E-state index contributed by atoms with van der Waals surface area (Å²) in [4.78, 5) is 25.5. The number of anilines is 1. The van der Waals surface area contributed by atoms with Gasteiger partial charge in [0, 0.05) is 11.0 Å². The van der Waals surface area contributed by atoms with Gasteiger partial charge in [-0.05, 0) is 61.7 Å². The summed E-state index contributed by atoms with van der Waals surface area (Å²) < 4.78 is 6.90. The normalized spacial score (nSPS) is 11.5. The molecule has 0 aromatic heterocycles. The van der Waals surface area contributed by atoms with Crippen molar-refractivity contribution in [3.63, 3.8) is 0 Å². The number of nitrogens with one attached hydrogen (secondary N) is 2. The first-order valence-corrected chi connectivity index (χ1v) is 10.8. The molecular weight excluding hydrogens is 456 g/mol. The fraction of sp³-hybridized carbons (Fsp3) is 0.200. The molecule has 0 radical (unpaired) electrons. The number of ether oxygens (including phenoxy) is 1. The van der Waals surface area contributed by atoms with Gasteiger partial charge in [-0.25, -0.2) is 0 Å². The van der Waals surface area contributed by atoms with Crippen LogP contribution in [-0.4, -0.2) is 17.9 Å². The number of amides is 2. The Morgan fingerprint density at radius 3 is 2.26 bits per heavy atom. The second-order valence-corrected chi connectivity index (χ2v) is 8.25. The second-order valence-electron chi connectivity index (χ2n) is 7.33. The van der Waals surface area contributed by atoms with Crippen LogP contribution in [0.5, 0.6) is 5.75 Å². The number of benzene rings is 3. The number of hydrogen-bond acceptors (Lipinski definition) is 3. The summed E-state index contributed by atoms with van der Waals surface area (Å²) in [6, 6.07) is 20.5. The minimum atomic E-state index is -0.737. The third-order valence-electron chi connectivity index (χ3n) is 4.81. The highest BCUT2D eigenvalue weighted by atomic mass is 79.9. The number of carbonyl (C=O) groups excluding carboxylic acids is 2. The third kappa shape index (κ3) is 5.95. The lowest BCUT2D eigenvalue weighted by Gasteiger charge is -2.19. The molecule has 6 heteroatoms. The molecule has 0 spiro atoms. The topological polar surface area (TPSA) is 67.4 Å². The number of aryl methyl sites for hydroxylation is 2. The molecule has 0 bridgehead atoms. The van der Waals surface area contributed by atoms with Gasteiger partial charge in [0.2, 0.25) is 0 Å². The number of carbonyl (C=O) groups is 2. The Kier molecular flexibility index (Phi) is 7.47. The standard InChI is InChI=1S/C25H25BrN2O3/c1-16-13-20(26)14-17(2)23(16)31-18(3)24(29)28-22-12-8-7-11-21(22)25(30)27-15-19-9-5-4-6-10-19/h4-14,18H,15H2,1-3H3,(H,27,30)(H,28,29). The van der Waals surface area contributed by atoms with Crippen molar-refractivity contribution in [1.29, 1.82) is 0 Å². The van der Waals surface area contributed by atoms with E-state index in [1.54, 1.807) is 31.2 Å². The van der Waals surface area contributed by atoms with Crippen molar-refractivity contribution >= 4 is 33.4 Å². The molecule has 2 N–H and O–H groups in total. The van der Waals surface area contributed by atoms with Crippen LogP contribution in [0, 0.1) is 13.8 Å². The van der Waals surface area contributed by atoms with Gasteiger partial charge in [0.15, 0.2) is 6.10 Å². The van der Waals surface area contributed by atoms with Crippen LogP contribution in [0.25, 0.3) is 0 Å². The van der Waals surface area contributed by atoms with Crippen LogP contribution in [0.3, 0.4) is 0 Å². The number of halogens is 1. The summed E-state index contributed by atoms with van der Waals surface area (Å²) in [5, 5.41) is 5.72. The monoisotopic (exact) mass is 480 g/mol. The van der Waals surface area contributed by atoms with E-state index in [1.807, 2.05) is 56.3 Å². The van der Waals surface area contributed by atoms with Crippen molar-refractivity contribution in [2.24, 2.45) is 0 Å². The molecule has 160 valence electrons. The first kappa shape index (κ1) is 22.6. The maximum absolute atomic E-state index is 12.8. The second kappa shape index (κ2) is 10.3. The van der Waals surface area contributed by atoms with Crippen LogP contribution in [0.4, 0.5) is 5.69 Å². The largest absolute Gasteiger partial charge is 0.480 e. The van der Waals surface area contributed by atoms with Crippen molar-refractivity contribution in [2.45, 2.75) is 33.4 Å². The van der Waals surface area contributed by atoms with Crippen LogP contribution in [0.15, 0.2) is 71.2 Å². The fourth-order valence-corrected chi connectivity index (χ4v) is 3.90. The van der Waals surface area contributed by atoms with Gasteiger partial charge < -0.3 is 15.4 Å². The number of hydrogen-bond donors (Lipinski definition) is 2. The molecule has 3 aromatic rings. The molecule has 0 aliphatic heterocycles. The Morgan fingerprint density at radius 1 is 0.968 bits per heavy atom. The first-order chi connectivity index (χ1) is 14.8. The molecule has 31 heavy (non-hydrogen) atoms. The summed E-state index contributed by atoms with van der Waals surface area (Å²) in [6.45, 7) is 5.96. The molecule has 1 unspecified atom stereocenters. The molecule has 0 heterocycles. The zero-order chi connectivity index (χ0) is 22.4. The van der Waals surface area contributed by atoms with E-state index in [2.05, 4.69) is 26.6 Å². The Bertz CT molecular complexity index is 1060. The summed E-state index contributed by atoms with van der Waals surface area (Å²) in [5.41, 5.74) is 3.71. The Labute approximate surface area is 191 Å². The summed E-state index contributed by atoms with van der Waals surface area (Å²) in [7, 11) is 0. The highest BCUT2D eigenvalue weighted by Crippen LogP contribution is 2.28. The van der Waals surface area contributed by atoms with Crippen molar-refractivity contribution < 1.29 is 14.3 Å². The average molecular weight is 481 g/mol. The lowest BCUT2D eigenvalue weighted by molar-refractivity contribution is -0.122. The smallest absolute Gasteiger partial charge is 0.265 e. The Hall–Kier alpha value is -3.12. The lowest BCUT2D eigenvalue weighted by atomic mass is 10.1. The zero-order valence-electron chi connectivity index (χ0n) is 17.7. The molecule has 2 amide bonds. The maximum Gasteiger partial charge on any atom is 0.265 e. The van der Waals surface area contributed by atoms with Gasteiger partial charge in [0.1, 0.15) is 5.75 Å². The molecule has 0 saturated heterocycles. The Morgan fingerprint density at radius 2 is 1.58 bits per heavy atom. The quantitative estimate of drug-likeness (QED) is 0.475. The van der Waals surface area contributed by atoms with Crippen molar-refractivity contribution in [3.05, 3.63) is 93.5 Å². The predicted octanol–water partition coefficient (Wildman–Crippen LogP) is 5.40. The van der Waals surface area contributed by atoms with Crippen LogP contribution in [0.1, 0.15) is 34.0 Å². The van der Waals surface area contributed by atoms with E-state index in [0.717, 1.165) is 21.2 Å². The van der Waals surface area contributed by atoms with Crippen LogP contribution in [-0.2, 0) is 11.3 Å². The van der Waals surface area contributed by atoms with E-state index in [-0.39, 0.29) is 11.8 Å². The van der Waals surface area contributed by atoms with Gasteiger partial charge in [0.05, 0.1) is 11.3 Å². The molecule has 0 fully saturated rings. The highest BCUT2D eigenvalue weighted by molar-refractivity contribution is 9.10. The number of para-hydroxylation sites is 1. The van der Waals surface area contributed by atoms with Gasteiger partial charge in [-0.15, -0.1) is 0 Å². The van der Waals surface area contributed by atoms with Crippen molar-refractivity contribution in [2.75, 3.05) is 5.32 Å². The summed E-state index contributed by atoms with van der Waals surface area (Å²) in [5.74, 6) is 0.0951. The van der Waals surface area contributed by atoms with E-state index < -0.39 is 6.10 Å². The van der Waals surface area contributed by atoms with E-state index in [0.29, 0.717) is 23.5 Å². The third-order valence-corrected chi connectivity index (χ3v) is 5.27. The molecule has 3 aromatic carbocycles. The van der Waals surface area contributed by atoms with Crippen molar-refractivity contribution in [1.82, 2.24) is 5.32 Å². The van der Waals surface area contributed by atoms with E-state index in [4.69, 9.17) is 4.74 Å². The predicted molar refractivity (Wildman–Crippen MR) is 126 cm³/mol. The molecule has 0 saturated carbocycles. The van der Waals surface area contributed by atoms with Crippen molar-refractivity contribution in [3.8, 4) is 5.75 Å². The van der Waals surface area contributed by atoms with Gasteiger partial charge in [-0.2, -0.15) is 0 Å². The minimum absolute atomic E-state index is 0.257. The molecule has 0 aliphatic carbocycles. The van der Waals surface area contributed by atoms with Gasteiger partial charge in [-0.1, -0.05) is 58.4 Å². The zero-order valence-corrected chi connectivity index (χ0v) is 19.3. The fourth-order valence-electron chi connectivity index (χ4n) is 3.21. The van der Waals surface area contributed by atoms with E-state index >= 15 is 0 Å². The minimum Gasteiger partial charge on any atom is -0.480 e. The highest BCUT2D eigenvalue weighted by Gasteiger charge is 2.20. The van der Waals surface area contributed by atoms with E-state index in [1.165, 1.54) is 0 Å². The van der Waals surface area contributed by atoms with Crippen LogP contribution in [0.2, 0.25) is 0 Å². The maximum atomic E-state index is 12.8. The number of rotatable bonds is 7.